The van der Waals surface area contributed by atoms with E-state index >= 15 is 0 Å². The lowest BCUT2D eigenvalue weighted by Crippen LogP contribution is -2.30. The predicted octanol–water partition coefficient (Wildman–Crippen LogP) is 4.21. The SMILES string of the molecule is O=C(COC(=O)c1sc2ccccc2c1Cl)NCCc1ccccc1F. The van der Waals surface area contributed by atoms with Crippen LogP contribution in [0.4, 0.5) is 4.39 Å². The lowest BCUT2D eigenvalue weighted by molar-refractivity contribution is -0.124. The molecule has 134 valence electrons. The number of benzene rings is 2. The second-order valence-corrected chi connectivity index (χ2v) is 6.94. The Morgan fingerprint density at radius 2 is 1.85 bits per heavy atom. The Bertz CT molecular complexity index is 957. The maximum atomic E-state index is 13.5. The summed E-state index contributed by atoms with van der Waals surface area (Å²) in [5.74, 6) is -1.40. The number of carbonyl (C=O) groups excluding carboxylic acids is 2. The minimum absolute atomic E-state index is 0.251. The molecule has 0 fully saturated rings. The molecule has 3 rings (SSSR count). The van der Waals surface area contributed by atoms with Crippen LogP contribution >= 0.6 is 22.9 Å². The Kier molecular flexibility index (Phi) is 5.85. The molecule has 3 aromatic rings. The van der Waals surface area contributed by atoms with E-state index in [1.54, 1.807) is 18.2 Å². The van der Waals surface area contributed by atoms with Crippen LogP contribution in [-0.2, 0) is 16.0 Å². The number of rotatable bonds is 6. The van der Waals surface area contributed by atoms with E-state index in [0.717, 1.165) is 10.1 Å². The summed E-state index contributed by atoms with van der Waals surface area (Å²) in [6, 6.07) is 13.7. The van der Waals surface area contributed by atoms with Gasteiger partial charge in [-0.2, -0.15) is 0 Å². The molecule has 0 radical (unpaired) electrons. The van der Waals surface area contributed by atoms with Gasteiger partial charge in [0.05, 0.1) is 5.02 Å². The van der Waals surface area contributed by atoms with E-state index < -0.39 is 18.5 Å². The fourth-order valence-corrected chi connectivity index (χ4v) is 3.83. The van der Waals surface area contributed by atoms with Gasteiger partial charge in [0, 0.05) is 16.6 Å². The highest BCUT2D eigenvalue weighted by Gasteiger charge is 2.19. The van der Waals surface area contributed by atoms with Gasteiger partial charge in [-0.1, -0.05) is 48.0 Å². The van der Waals surface area contributed by atoms with Gasteiger partial charge in [0.1, 0.15) is 10.7 Å². The molecule has 0 aliphatic heterocycles. The van der Waals surface area contributed by atoms with Crippen LogP contribution in [0.3, 0.4) is 0 Å². The van der Waals surface area contributed by atoms with Gasteiger partial charge in [-0.15, -0.1) is 11.3 Å². The Labute approximate surface area is 158 Å². The standard InChI is InChI=1S/C19H15ClFNO3S/c20-17-13-6-2-4-8-15(13)26-18(17)19(24)25-11-16(23)22-10-9-12-5-1-3-7-14(12)21/h1-8H,9-11H2,(H,22,23). The summed E-state index contributed by atoms with van der Waals surface area (Å²) in [4.78, 5) is 24.2. The Balaban J connectivity index is 1.50. The minimum atomic E-state index is -0.638. The fourth-order valence-electron chi connectivity index (χ4n) is 2.43. The highest BCUT2D eigenvalue weighted by molar-refractivity contribution is 7.21. The number of fused-ring (bicyclic) bond motifs is 1. The van der Waals surface area contributed by atoms with Crippen LogP contribution in [0.25, 0.3) is 10.1 Å². The smallest absolute Gasteiger partial charge is 0.350 e. The van der Waals surface area contributed by atoms with Crippen molar-refractivity contribution < 1.29 is 18.7 Å². The summed E-state index contributed by atoms with van der Waals surface area (Å²) in [5.41, 5.74) is 0.516. The molecule has 2 aromatic carbocycles. The molecule has 0 aliphatic carbocycles. The normalized spacial score (nSPS) is 10.7. The number of carbonyl (C=O) groups is 2. The lowest BCUT2D eigenvalue weighted by Gasteiger charge is -2.07. The first-order valence-corrected chi connectivity index (χ1v) is 9.10. The van der Waals surface area contributed by atoms with E-state index in [1.165, 1.54) is 17.4 Å². The van der Waals surface area contributed by atoms with Crippen molar-refractivity contribution in [3.8, 4) is 0 Å². The van der Waals surface area contributed by atoms with Crippen molar-refractivity contribution in [2.24, 2.45) is 0 Å². The molecule has 1 heterocycles. The van der Waals surface area contributed by atoms with Gasteiger partial charge in [0.25, 0.3) is 5.91 Å². The molecule has 0 spiro atoms. The average molecular weight is 392 g/mol. The highest BCUT2D eigenvalue weighted by atomic mass is 35.5. The Hall–Kier alpha value is -2.44. The molecule has 7 heteroatoms. The average Bonchev–Trinajstić information content (AvgIpc) is 2.98. The summed E-state index contributed by atoms with van der Waals surface area (Å²) < 4.78 is 19.4. The molecule has 0 aliphatic rings. The van der Waals surface area contributed by atoms with E-state index in [0.29, 0.717) is 17.0 Å². The number of halogens is 2. The number of hydrogen-bond donors (Lipinski definition) is 1. The lowest BCUT2D eigenvalue weighted by atomic mass is 10.1. The zero-order valence-corrected chi connectivity index (χ0v) is 15.2. The number of amides is 1. The summed E-state index contributed by atoms with van der Waals surface area (Å²) in [5, 5.41) is 3.70. The van der Waals surface area contributed by atoms with E-state index in [4.69, 9.17) is 16.3 Å². The van der Waals surface area contributed by atoms with E-state index in [-0.39, 0.29) is 17.2 Å². The topological polar surface area (TPSA) is 55.4 Å². The molecule has 0 saturated heterocycles. The molecule has 4 nitrogen and oxygen atoms in total. The molecule has 1 aromatic heterocycles. The van der Waals surface area contributed by atoms with Crippen molar-refractivity contribution in [1.82, 2.24) is 5.32 Å². The predicted molar refractivity (Wildman–Crippen MR) is 100 cm³/mol. The summed E-state index contributed by atoms with van der Waals surface area (Å²) >= 11 is 7.43. The van der Waals surface area contributed by atoms with Crippen molar-refractivity contribution in [1.29, 1.82) is 0 Å². The van der Waals surface area contributed by atoms with Gasteiger partial charge < -0.3 is 10.1 Å². The molecule has 26 heavy (non-hydrogen) atoms. The number of esters is 1. The molecule has 0 atom stereocenters. The highest BCUT2D eigenvalue weighted by Crippen LogP contribution is 2.35. The Morgan fingerprint density at radius 1 is 1.12 bits per heavy atom. The van der Waals surface area contributed by atoms with Crippen LogP contribution in [0.15, 0.2) is 48.5 Å². The number of thiophene rings is 1. The van der Waals surface area contributed by atoms with Gasteiger partial charge in [-0.25, -0.2) is 9.18 Å². The molecule has 0 unspecified atom stereocenters. The maximum Gasteiger partial charge on any atom is 0.350 e. The van der Waals surface area contributed by atoms with Crippen LogP contribution in [0.2, 0.25) is 5.02 Å². The maximum absolute atomic E-state index is 13.5. The molecular weight excluding hydrogens is 377 g/mol. The fraction of sp³-hybridized carbons (Fsp3) is 0.158. The third-order valence-electron chi connectivity index (χ3n) is 3.73. The van der Waals surface area contributed by atoms with E-state index in [1.807, 2.05) is 24.3 Å². The number of nitrogens with one attached hydrogen (secondary N) is 1. The van der Waals surface area contributed by atoms with E-state index in [9.17, 15) is 14.0 Å². The first-order chi connectivity index (χ1) is 12.6. The van der Waals surface area contributed by atoms with Gasteiger partial charge in [0.15, 0.2) is 6.61 Å². The van der Waals surface area contributed by atoms with Gasteiger partial charge in [-0.05, 0) is 24.1 Å². The second-order valence-electron chi connectivity index (χ2n) is 5.51. The van der Waals surface area contributed by atoms with Gasteiger partial charge >= 0.3 is 5.97 Å². The van der Waals surface area contributed by atoms with Crippen molar-refractivity contribution in [3.63, 3.8) is 0 Å². The first-order valence-electron chi connectivity index (χ1n) is 7.90. The van der Waals surface area contributed by atoms with E-state index in [2.05, 4.69) is 5.32 Å². The molecule has 0 saturated carbocycles. The molecule has 0 bridgehead atoms. The van der Waals surface area contributed by atoms with Gasteiger partial charge in [0.2, 0.25) is 0 Å². The second kappa shape index (κ2) is 8.29. The number of hydrogen-bond acceptors (Lipinski definition) is 4. The summed E-state index contributed by atoms with van der Waals surface area (Å²) in [7, 11) is 0. The monoisotopic (exact) mass is 391 g/mol. The quantitative estimate of drug-likeness (QED) is 0.640. The first kappa shape index (κ1) is 18.4. The zero-order valence-electron chi connectivity index (χ0n) is 13.6. The summed E-state index contributed by atoms with van der Waals surface area (Å²) in [6.45, 7) is -0.165. The van der Waals surface area contributed by atoms with Crippen LogP contribution in [0.1, 0.15) is 15.2 Å². The van der Waals surface area contributed by atoms with Crippen LogP contribution in [-0.4, -0.2) is 25.0 Å². The van der Waals surface area contributed by atoms with Gasteiger partial charge in [-0.3, -0.25) is 4.79 Å². The van der Waals surface area contributed by atoms with Crippen molar-refractivity contribution in [3.05, 3.63) is 69.8 Å². The largest absolute Gasteiger partial charge is 0.451 e. The molecule has 1 amide bonds. The van der Waals surface area contributed by atoms with Crippen molar-refractivity contribution in [2.75, 3.05) is 13.2 Å². The third kappa shape index (κ3) is 4.20. The van der Waals surface area contributed by atoms with Crippen LogP contribution < -0.4 is 5.32 Å². The van der Waals surface area contributed by atoms with Crippen LogP contribution in [0.5, 0.6) is 0 Å². The third-order valence-corrected chi connectivity index (χ3v) is 5.38. The minimum Gasteiger partial charge on any atom is -0.451 e. The summed E-state index contributed by atoms with van der Waals surface area (Å²) in [6.07, 6.45) is 0.356. The zero-order chi connectivity index (χ0) is 18.5. The Morgan fingerprint density at radius 3 is 2.62 bits per heavy atom. The van der Waals surface area contributed by atoms with Crippen molar-refractivity contribution in [2.45, 2.75) is 6.42 Å². The van der Waals surface area contributed by atoms with Crippen LogP contribution in [0, 0.1) is 5.82 Å². The van der Waals surface area contributed by atoms with Crippen molar-refractivity contribution >= 4 is 44.9 Å². The molecular formula is C19H15ClFNO3S. The number of ether oxygens (including phenoxy) is 1. The molecule has 1 N–H and O–H groups in total.